The van der Waals surface area contributed by atoms with E-state index < -0.39 is 0 Å². The van der Waals surface area contributed by atoms with Gasteiger partial charge >= 0.3 is 0 Å². The minimum Gasteiger partial charge on any atom is -0.300 e. The van der Waals surface area contributed by atoms with Crippen molar-refractivity contribution in [3.05, 3.63) is 0 Å². The highest BCUT2D eigenvalue weighted by atomic mass is 16.1. The summed E-state index contributed by atoms with van der Waals surface area (Å²) in [4.78, 5) is 23.0. The molecule has 2 rings (SSSR count). The molecule has 0 bridgehead atoms. The SMILES string of the molecule is CC(=O)CC[C@H]1[C@@H]([C@@H]2C(=O)CC[C@@H]2C)C1(C)C. The third-order valence-corrected chi connectivity index (χ3v) is 5.16. The molecule has 0 radical (unpaired) electrons. The molecular formula is C15H24O2. The van der Waals surface area contributed by atoms with Gasteiger partial charge in [0.25, 0.3) is 0 Å². The van der Waals surface area contributed by atoms with Crippen LogP contribution in [0, 0.1) is 29.1 Å². The number of hydrogen-bond acceptors (Lipinski definition) is 2. The number of Topliss-reactive ketones (excluding diaryl/α,β-unsaturated/α-hetero) is 2. The highest BCUT2D eigenvalue weighted by Gasteiger charge is 2.62. The first-order valence-electron chi connectivity index (χ1n) is 6.88. The van der Waals surface area contributed by atoms with Crippen LogP contribution < -0.4 is 0 Å². The quantitative estimate of drug-likeness (QED) is 0.751. The van der Waals surface area contributed by atoms with E-state index in [0.717, 1.165) is 19.3 Å². The maximum Gasteiger partial charge on any atom is 0.136 e. The topological polar surface area (TPSA) is 34.1 Å². The van der Waals surface area contributed by atoms with Crippen LogP contribution in [-0.4, -0.2) is 11.6 Å². The average molecular weight is 236 g/mol. The number of carbonyl (C=O) groups is 2. The molecule has 0 saturated heterocycles. The van der Waals surface area contributed by atoms with Crippen molar-refractivity contribution >= 4 is 11.6 Å². The lowest BCUT2D eigenvalue weighted by Gasteiger charge is -2.15. The standard InChI is InChI=1S/C15H24O2/c1-9-5-8-12(17)13(9)14-11(15(14,3)4)7-6-10(2)16/h9,11,13-14H,5-8H2,1-4H3/t9-,11-,13-,14-/m0/s1. The van der Waals surface area contributed by atoms with Crippen LogP contribution in [0.5, 0.6) is 0 Å². The minimum atomic E-state index is 0.272. The summed E-state index contributed by atoms with van der Waals surface area (Å²) in [5.41, 5.74) is 0.272. The number of rotatable bonds is 4. The van der Waals surface area contributed by atoms with Crippen molar-refractivity contribution < 1.29 is 9.59 Å². The van der Waals surface area contributed by atoms with Gasteiger partial charge in [-0.2, -0.15) is 0 Å². The van der Waals surface area contributed by atoms with Crippen LogP contribution in [0.3, 0.4) is 0 Å². The lowest BCUT2D eigenvalue weighted by atomic mass is 9.88. The second kappa shape index (κ2) is 4.22. The summed E-state index contributed by atoms with van der Waals surface area (Å²) >= 11 is 0. The van der Waals surface area contributed by atoms with Crippen molar-refractivity contribution in [1.82, 2.24) is 0 Å². The second-order valence-corrected chi connectivity index (χ2v) is 6.70. The fraction of sp³-hybridized carbons (Fsp3) is 0.867. The molecule has 2 nitrogen and oxygen atoms in total. The first-order chi connectivity index (χ1) is 7.85. The lowest BCUT2D eigenvalue weighted by Crippen LogP contribution is -2.18. The first-order valence-corrected chi connectivity index (χ1v) is 6.88. The van der Waals surface area contributed by atoms with Crippen molar-refractivity contribution in [2.75, 3.05) is 0 Å². The Morgan fingerprint density at radius 3 is 2.53 bits per heavy atom. The minimum absolute atomic E-state index is 0.272. The summed E-state index contributed by atoms with van der Waals surface area (Å²) in [6, 6.07) is 0. The summed E-state index contributed by atoms with van der Waals surface area (Å²) in [6.45, 7) is 8.40. The Kier molecular flexibility index (Phi) is 3.17. The Balaban J connectivity index is 2.02. The first kappa shape index (κ1) is 12.8. The van der Waals surface area contributed by atoms with Crippen molar-refractivity contribution in [2.45, 2.75) is 53.4 Å². The maximum absolute atomic E-state index is 12.0. The van der Waals surface area contributed by atoms with Gasteiger partial charge in [0.15, 0.2) is 0 Å². The average Bonchev–Trinajstić information content (AvgIpc) is 2.57. The molecule has 2 saturated carbocycles. The largest absolute Gasteiger partial charge is 0.300 e. The van der Waals surface area contributed by atoms with Gasteiger partial charge in [-0.15, -0.1) is 0 Å². The zero-order valence-electron chi connectivity index (χ0n) is 11.5. The van der Waals surface area contributed by atoms with Crippen LogP contribution in [0.25, 0.3) is 0 Å². The van der Waals surface area contributed by atoms with Gasteiger partial charge in [0.1, 0.15) is 11.6 Å². The summed E-state index contributed by atoms with van der Waals surface area (Å²) < 4.78 is 0. The van der Waals surface area contributed by atoms with Crippen LogP contribution in [0.15, 0.2) is 0 Å². The third-order valence-electron chi connectivity index (χ3n) is 5.16. The highest BCUT2D eigenvalue weighted by Crippen LogP contribution is 2.66. The Morgan fingerprint density at radius 2 is 2.06 bits per heavy atom. The molecule has 4 atom stereocenters. The Morgan fingerprint density at radius 1 is 1.41 bits per heavy atom. The summed E-state index contributed by atoms with van der Waals surface area (Å²) in [5.74, 6) is 2.70. The predicted octanol–water partition coefficient (Wildman–Crippen LogP) is 3.24. The molecule has 2 aliphatic carbocycles. The van der Waals surface area contributed by atoms with Crippen LogP contribution in [0.1, 0.15) is 53.4 Å². The Bertz CT molecular complexity index is 343. The number of ketones is 2. The van der Waals surface area contributed by atoms with Gasteiger partial charge in [-0.05, 0) is 42.9 Å². The Hall–Kier alpha value is -0.660. The smallest absolute Gasteiger partial charge is 0.136 e. The van der Waals surface area contributed by atoms with Gasteiger partial charge in [0, 0.05) is 18.8 Å². The summed E-state index contributed by atoms with van der Waals surface area (Å²) in [6.07, 6.45) is 3.50. The maximum atomic E-state index is 12.0. The molecule has 17 heavy (non-hydrogen) atoms. The fourth-order valence-electron chi connectivity index (χ4n) is 4.00. The zero-order chi connectivity index (χ0) is 12.8. The molecule has 0 N–H and O–H groups in total. The van der Waals surface area contributed by atoms with Gasteiger partial charge in [-0.1, -0.05) is 20.8 Å². The van der Waals surface area contributed by atoms with E-state index >= 15 is 0 Å². The van der Waals surface area contributed by atoms with E-state index in [0.29, 0.717) is 30.0 Å². The monoisotopic (exact) mass is 236 g/mol. The molecule has 96 valence electrons. The predicted molar refractivity (Wildman–Crippen MR) is 67.6 cm³/mol. The normalized spacial score (nSPS) is 39.4. The Labute approximate surface area is 104 Å². The molecule has 0 amide bonds. The zero-order valence-corrected chi connectivity index (χ0v) is 11.5. The summed E-state index contributed by atoms with van der Waals surface area (Å²) in [5, 5.41) is 0. The number of carbonyl (C=O) groups excluding carboxylic acids is 2. The molecule has 2 aliphatic rings. The van der Waals surface area contributed by atoms with Crippen molar-refractivity contribution in [3.8, 4) is 0 Å². The number of hydrogen-bond donors (Lipinski definition) is 0. The van der Waals surface area contributed by atoms with E-state index in [9.17, 15) is 9.59 Å². The van der Waals surface area contributed by atoms with Gasteiger partial charge in [0.2, 0.25) is 0 Å². The van der Waals surface area contributed by atoms with E-state index in [-0.39, 0.29) is 17.1 Å². The third kappa shape index (κ3) is 2.19. The second-order valence-electron chi connectivity index (χ2n) is 6.70. The summed E-state index contributed by atoms with van der Waals surface area (Å²) in [7, 11) is 0. The van der Waals surface area contributed by atoms with Crippen molar-refractivity contribution in [3.63, 3.8) is 0 Å². The van der Waals surface area contributed by atoms with E-state index in [1.165, 1.54) is 0 Å². The van der Waals surface area contributed by atoms with E-state index in [1.54, 1.807) is 6.92 Å². The highest BCUT2D eigenvalue weighted by molar-refractivity contribution is 5.84. The van der Waals surface area contributed by atoms with Gasteiger partial charge < -0.3 is 4.79 Å². The van der Waals surface area contributed by atoms with Gasteiger partial charge in [-0.25, -0.2) is 0 Å². The van der Waals surface area contributed by atoms with E-state index in [2.05, 4.69) is 20.8 Å². The van der Waals surface area contributed by atoms with Crippen LogP contribution in [-0.2, 0) is 9.59 Å². The van der Waals surface area contributed by atoms with Crippen LogP contribution in [0.4, 0.5) is 0 Å². The lowest BCUT2D eigenvalue weighted by molar-refractivity contribution is -0.122. The molecule has 0 aromatic heterocycles. The van der Waals surface area contributed by atoms with Crippen molar-refractivity contribution in [1.29, 1.82) is 0 Å². The molecule has 0 aliphatic heterocycles. The van der Waals surface area contributed by atoms with E-state index in [4.69, 9.17) is 0 Å². The molecule has 0 unspecified atom stereocenters. The van der Waals surface area contributed by atoms with Crippen molar-refractivity contribution in [2.24, 2.45) is 29.1 Å². The molecule has 0 spiro atoms. The van der Waals surface area contributed by atoms with Crippen LogP contribution in [0.2, 0.25) is 0 Å². The molecule has 2 heteroatoms. The molecular weight excluding hydrogens is 212 g/mol. The molecule has 2 fully saturated rings. The molecule has 0 aromatic rings. The fourth-order valence-corrected chi connectivity index (χ4v) is 4.00. The molecule has 0 heterocycles. The van der Waals surface area contributed by atoms with Crippen LogP contribution >= 0.6 is 0 Å². The molecule has 0 aromatic carbocycles. The van der Waals surface area contributed by atoms with E-state index in [1.807, 2.05) is 0 Å². The van der Waals surface area contributed by atoms with Gasteiger partial charge in [-0.3, -0.25) is 4.79 Å². The van der Waals surface area contributed by atoms with Gasteiger partial charge in [0.05, 0.1) is 0 Å².